The van der Waals surface area contributed by atoms with E-state index in [9.17, 15) is 9.59 Å². The zero-order valence-electron chi connectivity index (χ0n) is 18.8. The second kappa shape index (κ2) is 10.5. The lowest BCUT2D eigenvalue weighted by Crippen LogP contribution is -2.29. The van der Waals surface area contributed by atoms with Crippen LogP contribution in [0.2, 0.25) is 5.02 Å². The smallest absolute Gasteiger partial charge is 0.267 e. The molecule has 2 heterocycles. The minimum atomic E-state index is -0.157. The number of ether oxygens (including phenoxy) is 2. The molecule has 0 radical (unpaired) electrons. The molecular formula is C23H26ClN3O4S2. The molecule has 1 N–H and O–H groups in total. The van der Waals surface area contributed by atoms with Gasteiger partial charge >= 0.3 is 0 Å². The Bertz CT molecular complexity index is 1240. The molecule has 0 saturated carbocycles. The minimum Gasteiger partial charge on any atom is -0.495 e. The van der Waals surface area contributed by atoms with Crippen molar-refractivity contribution in [1.29, 1.82) is 0 Å². The molecule has 7 nitrogen and oxygen atoms in total. The molecule has 1 aliphatic rings. The van der Waals surface area contributed by atoms with Crippen LogP contribution in [-0.4, -0.2) is 48.6 Å². The summed E-state index contributed by atoms with van der Waals surface area (Å²) >= 11 is 9.09. The van der Waals surface area contributed by atoms with Crippen molar-refractivity contribution in [2.45, 2.75) is 31.3 Å². The number of halogens is 1. The van der Waals surface area contributed by atoms with Gasteiger partial charge in [0.1, 0.15) is 10.6 Å². The molecule has 0 spiro atoms. The summed E-state index contributed by atoms with van der Waals surface area (Å²) in [5.74, 6) is 1.06. The molecule has 33 heavy (non-hydrogen) atoms. The largest absolute Gasteiger partial charge is 0.495 e. The van der Waals surface area contributed by atoms with E-state index in [2.05, 4.69) is 12.2 Å². The summed E-state index contributed by atoms with van der Waals surface area (Å²) in [5.41, 5.74) is 1.46. The van der Waals surface area contributed by atoms with Crippen molar-refractivity contribution in [2.75, 3.05) is 33.1 Å². The summed E-state index contributed by atoms with van der Waals surface area (Å²) in [4.78, 5) is 33.0. The molecule has 1 amide bonds. The van der Waals surface area contributed by atoms with Crippen molar-refractivity contribution < 1.29 is 14.3 Å². The Labute approximate surface area is 205 Å². The first-order chi connectivity index (χ1) is 15.9. The second-order valence-corrected chi connectivity index (χ2v) is 10.5. The van der Waals surface area contributed by atoms with Gasteiger partial charge in [0.25, 0.3) is 5.56 Å². The molecular weight excluding hydrogens is 482 g/mol. The van der Waals surface area contributed by atoms with E-state index in [1.165, 1.54) is 21.2 Å². The molecule has 2 aromatic heterocycles. The first kappa shape index (κ1) is 24.1. The number of hydrogen-bond acceptors (Lipinski definition) is 7. The summed E-state index contributed by atoms with van der Waals surface area (Å²) in [7, 11) is 3.13. The fourth-order valence-electron chi connectivity index (χ4n) is 3.99. The summed E-state index contributed by atoms with van der Waals surface area (Å²) < 4.78 is 12.0. The molecule has 1 aromatic carbocycles. The number of carbonyl (C=O) groups is 1. The monoisotopic (exact) mass is 507 g/mol. The van der Waals surface area contributed by atoms with Crippen LogP contribution >= 0.6 is 34.7 Å². The fraction of sp³-hybridized carbons (Fsp3) is 0.435. The van der Waals surface area contributed by atoms with Crippen LogP contribution in [0.1, 0.15) is 23.8 Å². The Morgan fingerprint density at radius 3 is 2.97 bits per heavy atom. The van der Waals surface area contributed by atoms with Crippen molar-refractivity contribution in [2.24, 2.45) is 5.92 Å². The standard InChI is InChI=1S/C23H26ClN3O4S2/c1-13-4-6-15-18(10-13)33-21-20(15)22(29)27(16-11-14(24)5-7-17(16)31-3)23(26-21)32-12-19(28)25-8-9-30-2/h5,7,11,13H,4,6,8-10,12H2,1-3H3,(H,25,28)/t13-/m1/s1. The zero-order valence-corrected chi connectivity index (χ0v) is 21.2. The minimum absolute atomic E-state index is 0.118. The number of hydrogen-bond donors (Lipinski definition) is 1. The third-order valence-corrected chi connectivity index (χ3v) is 7.96. The van der Waals surface area contributed by atoms with Gasteiger partial charge in [-0.25, -0.2) is 4.98 Å². The highest BCUT2D eigenvalue weighted by atomic mass is 35.5. The highest BCUT2D eigenvalue weighted by Gasteiger charge is 2.26. The number of thiophene rings is 1. The van der Waals surface area contributed by atoms with Gasteiger partial charge in [0.15, 0.2) is 5.16 Å². The fourth-order valence-corrected chi connectivity index (χ4v) is 6.42. The third kappa shape index (κ3) is 5.06. The topological polar surface area (TPSA) is 82.5 Å². The van der Waals surface area contributed by atoms with E-state index in [-0.39, 0.29) is 17.2 Å². The Balaban J connectivity index is 1.83. The molecule has 4 rings (SSSR count). The van der Waals surface area contributed by atoms with Crippen molar-refractivity contribution in [1.82, 2.24) is 14.9 Å². The number of methoxy groups -OCH3 is 2. The van der Waals surface area contributed by atoms with E-state index < -0.39 is 0 Å². The molecule has 3 aromatic rings. The molecule has 1 atom stereocenters. The molecule has 0 unspecified atom stereocenters. The number of nitrogens with one attached hydrogen (secondary N) is 1. The highest BCUT2D eigenvalue weighted by molar-refractivity contribution is 7.99. The predicted octanol–water partition coefficient (Wildman–Crippen LogP) is 4.09. The summed E-state index contributed by atoms with van der Waals surface area (Å²) in [5, 5.41) is 4.37. The van der Waals surface area contributed by atoms with E-state index in [1.54, 1.807) is 43.8 Å². The molecule has 0 bridgehead atoms. The lowest BCUT2D eigenvalue weighted by molar-refractivity contribution is -0.118. The lowest BCUT2D eigenvalue weighted by atomic mass is 9.89. The molecule has 0 aliphatic heterocycles. The normalized spacial score (nSPS) is 15.5. The maximum Gasteiger partial charge on any atom is 0.267 e. The first-order valence-electron chi connectivity index (χ1n) is 10.7. The number of amides is 1. The van der Waals surface area contributed by atoms with Gasteiger partial charge in [-0.15, -0.1) is 11.3 Å². The number of carbonyl (C=O) groups excluding carboxylic acids is 1. The average molecular weight is 508 g/mol. The Kier molecular flexibility index (Phi) is 7.63. The number of thioether (sulfide) groups is 1. The molecule has 1 aliphatic carbocycles. The predicted molar refractivity (Wildman–Crippen MR) is 134 cm³/mol. The van der Waals surface area contributed by atoms with Gasteiger partial charge in [0.2, 0.25) is 5.91 Å². The molecule has 176 valence electrons. The number of rotatable bonds is 8. The summed E-state index contributed by atoms with van der Waals surface area (Å²) in [6.45, 7) is 3.09. The van der Waals surface area contributed by atoms with Gasteiger partial charge in [-0.3, -0.25) is 14.2 Å². The maximum absolute atomic E-state index is 13.9. The van der Waals surface area contributed by atoms with Crippen LogP contribution < -0.4 is 15.6 Å². The zero-order chi connectivity index (χ0) is 23.5. The van der Waals surface area contributed by atoms with E-state index in [0.717, 1.165) is 29.7 Å². The van der Waals surface area contributed by atoms with Crippen molar-refractivity contribution >= 4 is 50.8 Å². The van der Waals surface area contributed by atoms with Crippen molar-refractivity contribution in [3.05, 3.63) is 44.0 Å². The van der Waals surface area contributed by atoms with Crippen LogP contribution in [0.5, 0.6) is 5.75 Å². The van der Waals surface area contributed by atoms with Crippen LogP contribution in [0.25, 0.3) is 15.9 Å². The van der Waals surface area contributed by atoms with Crippen molar-refractivity contribution in [3.8, 4) is 11.4 Å². The van der Waals surface area contributed by atoms with Crippen LogP contribution in [0, 0.1) is 5.92 Å². The Morgan fingerprint density at radius 1 is 1.39 bits per heavy atom. The Morgan fingerprint density at radius 2 is 2.21 bits per heavy atom. The SMILES string of the molecule is COCCNC(=O)CSc1nc2sc3c(c2c(=O)n1-c1cc(Cl)ccc1OC)CC[C@@H](C)C3. The maximum atomic E-state index is 13.9. The first-order valence-corrected chi connectivity index (χ1v) is 12.9. The number of benzene rings is 1. The molecule has 0 saturated heterocycles. The van der Waals surface area contributed by atoms with Crippen molar-refractivity contribution in [3.63, 3.8) is 0 Å². The van der Waals surface area contributed by atoms with Gasteiger partial charge in [0.05, 0.1) is 30.5 Å². The number of aryl methyl sites for hydroxylation is 1. The van der Waals surface area contributed by atoms with E-state index in [0.29, 0.717) is 46.1 Å². The van der Waals surface area contributed by atoms with Crippen LogP contribution in [0.15, 0.2) is 28.2 Å². The van der Waals surface area contributed by atoms with Gasteiger partial charge in [-0.05, 0) is 48.9 Å². The number of nitrogens with zero attached hydrogens (tertiary/aromatic N) is 2. The summed E-state index contributed by atoms with van der Waals surface area (Å²) in [6, 6.07) is 5.13. The Hall–Kier alpha value is -2.07. The summed E-state index contributed by atoms with van der Waals surface area (Å²) in [6.07, 6.45) is 2.88. The molecule has 10 heteroatoms. The second-order valence-electron chi connectivity index (χ2n) is 8.01. The third-order valence-electron chi connectivity index (χ3n) is 5.64. The number of aromatic nitrogens is 2. The van der Waals surface area contributed by atoms with E-state index in [4.69, 9.17) is 26.1 Å². The highest BCUT2D eigenvalue weighted by Crippen LogP contribution is 2.38. The van der Waals surface area contributed by atoms with Gasteiger partial charge < -0.3 is 14.8 Å². The van der Waals surface area contributed by atoms with Gasteiger partial charge in [-0.1, -0.05) is 30.3 Å². The van der Waals surface area contributed by atoms with E-state index >= 15 is 0 Å². The number of fused-ring (bicyclic) bond motifs is 3. The van der Waals surface area contributed by atoms with Crippen LogP contribution in [0.3, 0.4) is 0 Å². The average Bonchev–Trinajstić information content (AvgIpc) is 3.15. The quantitative estimate of drug-likeness (QED) is 0.281. The van der Waals surface area contributed by atoms with Gasteiger partial charge in [0, 0.05) is 23.6 Å². The van der Waals surface area contributed by atoms with E-state index in [1.807, 2.05) is 0 Å². The lowest BCUT2D eigenvalue weighted by Gasteiger charge is -2.18. The van der Waals surface area contributed by atoms with Gasteiger partial charge in [-0.2, -0.15) is 0 Å². The van der Waals surface area contributed by atoms with Crippen LogP contribution in [0.4, 0.5) is 0 Å². The van der Waals surface area contributed by atoms with Crippen LogP contribution in [-0.2, 0) is 22.4 Å². The molecule has 0 fully saturated rings.